The smallest absolute Gasteiger partial charge is 0.215 e. The number of nitrogens with one attached hydrogen (secondary N) is 2. The maximum atomic E-state index is 11.8. The molecule has 90 valence electrons. The Morgan fingerprint density at radius 3 is 2.53 bits per heavy atom. The second-order valence-corrected chi connectivity index (χ2v) is 7.41. The lowest BCUT2D eigenvalue weighted by Crippen LogP contribution is -2.37. The SMILES string of the molecule is CC(C)(C)CCNS(=O)(=O)C1CCNC1. The van der Waals surface area contributed by atoms with E-state index in [1.165, 1.54) is 0 Å². The zero-order chi connectivity index (χ0) is 11.5. The quantitative estimate of drug-likeness (QED) is 0.753. The van der Waals surface area contributed by atoms with E-state index in [4.69, 9.17) is 0 Å². The van der Waals surface area contributed by atoms with Crippen LogP contribution in [-0.2, 0) is 10.0 Å². The Labute approximate surface area is 92.9 Å². The van der Waals surface area contributed by atoms with Crippen molar-refractivity contribution in [2.45, 2.75) is 38.9 Å². The van der Waals surface area contributed by atoms with Crippen molar-refractivity contribution in [3.05, 3.63) is 0 Å². The third kappa shape index (κ3) is 4.49. The Hall–Kier alpha value is -0.130. The summed E-state index contributed by atoms with van der Waals surface area (Å²) in [7, 11) is -3.09. The second-order valence-electron chi connectivity index (χ2n) is 5.36. The molecule has 0 spiro atoms. The molecule has 0 saturated carbocycles. The van der Waals surface area contributed by atoms with E-state index in [0.717, 1.165) is 19.4 Å². The molecule has 15 heavy (non-hydrogen) atoms. The fourth-order valence-electron chi connectivity index (χ4n) is 1.58. The summed E-state index contributed by atoms with van der Waals surface area (Å²) >= 11 is 0. The third-order valence-corrected chi connectivity index (χ3v) is 4.52. The third-order valence-electron chi connectivity index (χ3n) is 2.63. The molecule has 1 unspecified atom stereocenters. The van der Waals surface area contributed by atoms with Crippen LogP contribution in [0.2, 0.25) is 0 Å². The van der Waals surface area contributed by atoms with E-state index in [-0.39, 0.29) is 10.7 Å². The zero-order valence-electron chi connectivity index (χ0n) is 9.84. The average molecular weight is 234 g/mol. The van der Waals surface area contributed by atoms with Crippen LogP contribution in [0.1, 0.15) is 33.6 Å². The van der Waals surface area contributed by atoms with Gasteiger partial charge in [-0.2, -0.15) is 0 Å². The summed E-state index contributed by atoms with van der Waals surface area (Å²) in [5, 5.41) is 2.83. The van der Waals surface area contributed by atoms with Gasteiger partial charge in [0.1, 0.15) is 0 Å². The maximum Gasteiger partial charge on any atom is 0.215 e. The molecule has 1 aliphatic heterocycles. The summed E-state index contributed by atoms with van der Waals surface area (Å²) in [6.45, 7) is 8.27. The van der Waals surface area contributed by atoms with E-state index in [0.29, 0.717) is 13.1 Å². The molecule has 5 heteroatoms. The number of hydrogen-bond acceptors (Lipinski definition) is 3. The van der Waals surface area contributed by atoms with Crippen LogP contribution in [0.15, 0.2) is 0 Å². The molecule has 1 fully saturated rings. The van der Waals surface area contributed by atoms with Gasteiger partial charge in [-0.25, -0.2) is 13.1 Å². The average Bonchev–Trinajstić information content (AvgIpc) is 2.52. The molecule has 1 aliphatic rings. The molecular weight excluding hydrogens is 212 g/mol. The Bertz CT molecular complexity index is 287. The Morgan fingerprint density at radius 2 is 2.07 bits per heavy atom. The van der Waals surface area contributed by atoms with Gasteiger partial charge in [-0.05, 0) is 24.8 Å². The first-order valence-corrected chi connectivity index (χ1v) is 7.05. The summed E-state index contributed by atoms with van der Waals surface area (Å²) < 4.78 is 26.2. The van der Waals surface area contributed by atoms with Crippen LogP contribution in [0, 0.1) is 5.41 Å². The minimum Gasteiger partial charge on any atom is -0.315 e. The van der Waals surface area contributed by atoms with Crippen molar-refractivity contribution < 1.29 is 8.42 Å². The van der Waals surface area contributed by atoms with Crippen LogP contribution in [0.3, 0.4) is 0 Å². The molecule has 0 aromatic carbocycles. The lowest BCUT2D eigenvalue weighted by molar-refractivity contribution is 0.378. The molecule has 4 nitrogen and oxygen atoms in total. The highest BCUT2D eigenvalue weighted by Gasteiger charge is 2.28. The van der Waals surface area contributed by atoms with Crippen molar-refractivity contribution in [3.63, 3.8) is 0 Å². The molecule has 0 amide bonds. The highest BCUT2D eigenvalue weighted by molar-refractivity contribution is 7.90. The highest BCUT2D eigenvalue weighted by atomic mass is 32.2. The minimum atomic E-state index is -3.09. The topological polar surface area (TPSA) is 58.2 Å². The highest BCUT2D eigenvalue weighted by Crippen LogP contribution is 2.17. The largest absolute Gasteiger partial charge is 0.315 e. The van der Waals surface area contributed by atoms with E-state index in [1.54, 1.807) is 0 Å². The van der Waals surface area contributed by atoms with E-state index < -0.39 is 10.0 Å². The molecule has 2 N–H and O–H groups in total. The van der Waals surface area contributed by atoms with Crippen molar-refractivity contribution >= 4 is 10.0 Å². The molecule has 0 bridgehead atoms. The molecule has 0 aromatic rings. The van der Waals surface area contributed by atoms with Gasteiger partial charge in [-0.15, -0.1) is 0 Å². The molecule has 0 aromatic heterocycles. The Kier molecular flexibility index (Phi) is 4.14. The fraction of sp³-hybridized carbons (Fsp3) is 1.00. The zero-order valence-corrected chi connectivity index (χ0v) is 10.7. The Morgan fingerprint density at radius 1 is 1.40 bits per heavy atom. The monoisotopic (exact) mass is 234 g/mol. The van der Waals surface area contributed by atoms with Crippen molar-refractivity contribution in [3.8, 4) is 0 Å². The van der Waals surface area contributed by atoms with Crippen LogP contribution in [-0.4, -0.2) is 33.3 Å². The molecular formula is C10H22N2O2S. The van der Waals surface area contributed by atoms with Crippen molar-refractivity contribution in [1.82, 2.24) is 10.0 Å². The maximum absolute atomic E-state index is 11.8. The van der Waals surface area contributed by atoms with Gasteiger partial charge in [0.05, 0.1) is 5.25 Å². The van der Waals surface area contributed by atoms with Crippen molar-refractivity contribution in [1.29, 1.82) is 0 Å². The van der Waals surface area contributed by atoms with Gasteiger partial charge in [0.25, 0.3) is 0 Å². The summed E-state index contributed by atoms with van der Waals surface area (Å²) in [5.41, 5.74) is 0.177. The van der Waals surface area contributed by atoms with Crippen LogP contribution < -0.4 is 10.0 Å². The molecule has 0 radical (unpaired) electrons. The van der Waals surface area contributed by atoms with Crippen LogP contribution >= 0.6 is 0 Å². The lowest BCUT2D eigenvalue weighted by Gasteiger charge is -2.19. The number of rotatable bonds is 4. The van der Waals surface area contributed by atoms with Gasteiger partial charge in [-0.1, -0.05) is 20.8 Å². The number of sulfonamides is 1. The lowest BCUT2D eigenvalue weighted by atomic mass is 9.93. The minimum absolute atomic E-state index is 0.177. The first kappa shape index (κ1) is 12.9. The predicted molar refractivity (Wildman–Crippen MR) is 62.3 cm³/mol. The van der Waals surface area contributed by atoms with Crippen molar-refractivity contribution in [2.24, 2.45) is 5.41 Å². The van der Waals surface area contributed by atoms with Crippen LogP contribution in [0.25, 0.3) is 0 Å². The summed E-state index contributed by atoms with van der Waals surface area (Å²) in [4.78, 5) is 0. The van der Waals surface area contributed by atoms with Gasteiger partial charge in [-0.3, -0.25) is 0 Å². The molecule has 1 rings (SSSR count). The molecule has 0 aliphatic carbocycles. The van der Waals surface area contributed by atoms with Gasteiger partial charge in [0.2, 0.25) is 10.0 Å². The molecule has 1 heterocycles. The van der Waals surface area contributed by atoms with E-state index in [9.17, 15) is 8.42 Å². The van der Waals surface area contributed by atoms with Gasteiger partial charge >= 0.3 is 0 Å². The summed E-state index contributed by atoms with van der Waals surface area (Å²) in [6.07, 6.45) is 1.59. The van der Waals surface area contributed by atoms with Crippen molar-refractivity contribution in [2.75, 3.05) is 19.6 Å². The summed E-state index contributed by atoms with van der Waals surface area (Å²) in [6, 6.07) is 0. The van der Waals surface area contributed by atoms with Gasteiger partial charge < -0.3 is 5.32 Å². The van der Waals surface area contributed by atoms with E-state index in [2.05, 4.69) is 30.8 Å². The summed E-state index contributed by atoms with van der Waals surface area (Å²) in [5.74, 6) is 0. The second kappa shape index (κ2) is 4.80. The number of hydrogen-bond donors (Lipinski definition) is 2. The van der Waals surface area contributed by atoms with E-state index in [1.807, 2.05) is 0 Å². The predicted octanol–water partition coefficient (Wildman–Crippen LogP) is 0.704. The van der Waals surface area contributed by atoms with Crippen LogP contribution in [0.5, 0.6) is 0 Å². The fourth-order valence-corrected chi connectivity index (χ4v) is 2.97. The standard InChI is InChI=1S/C10H22N2O2S/c1-10(2,3)5-7-12-15(13,14)9-4-6-11-8-9/h9,11-12H,4-8H2,1-3H3. The van der Waals surface area contributed by atoms with Crippen LogP contribution in [0.4, 0.5) is 0 Å². The first-order chi connectivity index (χ1) is 6.81. The first-order valence-electron chi connectivity index (χ1n) is 5.50. The Balaban J connectivity index is 2.37. The molecule has 1 atom stereocenters. The molecule has 1 saturated heterocycles. The van der Waals surface area contributed by atoms with E-state index >= 15 is 0 Å². The normalized spacial score (nSPS) is 23.3. The van der Waals surface area contributed by atoms with Gasteiger partial charge in [0.15, 0.2) is 0 Å². The van der Waals surface area contributed by atoms with Gasteiger partial charge in [0, 0.05) is 13.1 Å².